The monoisotopic (exact) mass is 440 g/mol. The predicted molar refractivity (Wildman–Crippen MR) is 112 cm³/mol. The number of guanidine groups is 1. The largest absolute Gasteiger partial charge is 0.357 e. The van der Waals surface area contributed by atoms with Gasteiger partial charge in [0.15, 0.2) is 5.96 Å². The minimum atomic E-state index is 0. The van der Waals surface area contributed by atoms with Crippen LogP contribution in [0.25, 0.3) is 0 Å². The van der Waals surface area contributed by atoms with Crippen LogP contribution in [0.4, 0.5) is 0 Å². The summed E-state index contributed by atoms with van der Waals surface area (Å²) in [6.45, 7) is 11.1. The van der Waals surface area contributed by atoms with Crippen molar-refractivity contribution < 1.29 is 0 Å². The first kappa shape index (κ1) is 22.1. The molecule has 2 N–H and O–H groups in total. The first-order chi connectivity index (χ1) is 10.3. The maximum Gasteiger partial charge on any atom is 0.191 e. The second kappa shape index (κ2) is 14.6. The highest BCUT2D eigenvalue weighted by atomic mass is 127. The van der Waals surface area contributed by atoms with Gasteiger partial charge < -0.3 is 10.6 Å². The third kappa shape index (κ3) is 9.94. The lowest BCUT2D eigenvalue weighted by Gasteiger charge is -2.32. The number of piperidine rings is 1. The average molecular weight is 440 g/mol. The Labute approximate surface area is 158 Å². The third-order valence-corrected chi connectivity index (χ3v) is 4.38. The van der Waals surface area contributed by atoms with Crippen LogP contribution in [-0.4, -0.2) is 61.6 Å². The van der Waals surface area contributed by atoms with Gasteiger partial charge in [-0.2, -0.15) is 11.8 Å². The van der Waals surface area contributed by atoms with E-state index in [0.29, 0.717) is 6.04 Å². The van der Waals surface area contributed by atoms with Crippen molar-refractivity contribution in [3.05, 3.63) is 12.7 Å². The maximum atomic E-state index is 4.69. The van der Waals surface area contributed by atoms with Gasteiger partial charge in [-0.3, -0.25) is 9.89 Å². The number of unbranched alkanes of at least 4 members (excludes halogenated alkanes) is 1. The molecule has 0 unspecified atom stereocenters. The Morgan fingerprint density at radius 1 is 1.36 bits per heavy atom. The second-order valence-electron chi connectivity index (χ2n) is 5.47. The number of hydrogen-bond acceptors (Lipinski definition) is 3. The van der Waals surface area contributed by atoms with Gasteiger partial charge in [0.2, 0.25) is 0 Å². The van der Waals surface area contributed by atoms with E-state index in [1.54, 1.807) is 0 Å². The van der Waals surface area contributed by atoms with Crippen LogP contribution >= 0.6 is 35.7 Å². The zero-order valence-electron chi connectivity index (χ0n) is 14.1. The number of nitrogens with zero attached hydrogens (tertiary/aromatic N) is 2. The first-order valence-corrected chi connectivity index (χ1v) is 9.56. The topological polar surface area (TPSA) is 39.7 Å². The molecular formula is C16H33IN4S. The van der Waals surface area contributed by atoms with Gasteiger partial charge in [0, 0.05) is 38.8 Å². The molecule has 4 nitrogen and oxygen atoms in total. The van der Waals surface area contributed by atoms with E-state index in [-0.39, 0.29) is 24.0 Å². The molecule has 0 radical (unpaired) electrons. The van der Waals surface area contributed by atoms with E-state index in [0.717, 1.165) is 38.7 Å². The molecule has 1 rings (SSSR count). The van der Waals surface area contributed by atoms with Crippen LogP contribution in [0.15, 0.2) is 17.6 Å². The Morgan fingerprint density at radius 2 is 2.09 bits per heavy atom. The highest BCUT2D eigenvalue weighted by Crippen LogP contribution is 2.09. The fourth-order valence-electron chi connectivity index (χ4n) is 2.50. The van der Waals surface area contributed by atoms with Crippen LogP contribution in [0, 0.1) is 0 Å². The Kier molecular flexibility index (Phi) is 14.7. The van der Waals surface area contributed by atoms with E-state index in [2.05, 4.69) is 35.3 Å². The molecule has 130 valence electrons. The van der Waals surface area contributed by atoms with Gasteiger partial charge in [0.1, 0.15) is 0 Å². The Balaban J connectivity index is 0.00000441. The lowest BCUT2D eigenvalue weighted by atomic mass is 10.1. The van der Waals surface area contributed by atoms with Gasteiger partial charge in [-0.05, 0) is 44.6 Å². The van der Waals surface area contributed by atoms with Gasteiger partial charge in [-0.25, -0.2) is 0 Å². The van der Waals surface area contributed by atoms with Crippen molar-refractivity contribution in [1.82, 2.24) is 15.5 Å². The molecule has 0 bridgehead atoms. The van der Waals surface area contributed by atoms with E-state index in [9.17, 15) is 0 Å². The first-order valence-electron chi connectivity index (χ1n) is 8.17. The normalized spacial score (nSPS) is 16.9. The van der Waals surface area contributed by atoms with E-state index in [4.69, 9.17) is 4.99 Å². The number of hydrogen-bond donors (Lipinski definition) is 2. The summed E-state index contributed by atoms with van der Waals surface area (Å²) in [5, 5.41) is 6.95. The second-order valence-corrected chi connectivity index (χ2v) is 6.45. The molecule has 1 saturated heterocycles. The van der Waals surface area contributed by atoms with E-state index in [1.165, 1.54) is 31.4 Å². The summed E-state index contributed by atoms with van der Waals surface area (Å²) in [6.07, 6.45) is 8.95. The van der Waals surface area contributed by atoms with E-state index >= 15 is 0 Å². The van der Waals surface area contributed by atoms with Crippen molar-refractivity contribution >= 4 is 41.7 Å². The van der Waals surface area contributed by atoms with Crippen LogP contribution in [0.2, 0.25) is 0 Å². The Morgan fingerprint density at radius 3 is 2.68 bits per heavy atom. The predicted octanol–water partition coefficient (Wildman–Crippen LogP) is 2.95. The summed E-state index contributed by atoms with van der Waals surface area (Å²) in [6, 6.07) is 0.551. The van der Waals surface area contributed by atoms with Crippen molar-refractivity contribution in [1.29, 1.82) is 0 Å². The molecule has 22 heavy (non-hydrogen) atoms. The van der Waals surface area contributed by atoms with Crippen molar-refractivity contribution in [2.24, 2.45) is 4.99 Å². The number of rotatable bonds is 9. The van der Waals surface area contributed by atoms with E-state index < -0.39 is 0 Å². The summed E-state index contributed by atoms with van der Waals surface area (Å²) in [5.41, 5.74) is 0. The highest BCUT2D eigenvalue weighted by molar-refractivity contribution is 14.0. The molecule has 0 atom stereocenters. The number of nitrogens with one attached hydrogen (secondary N) is 2. The van der Waals surface area contributed by atoms with Crippen LogP contribution in [-0.2, 0) is 0 Å². The van der Waals surface area contributed by atoms with Crippen molar-refractivity contribution in [2.45, 2.75) is 38.6 Å². The van der Waals surface area contributed by atoms with Crippen LogP contribution in [0.1, 0.15) is 32.6 Å². The lowest BCUT2D eigenvalue weighted by Crippen LogP contribution is -2.48. The number of halogens is 1. The molecule has 1 aliphatic heterocycles. The van der Waals surface area contributed by atoms with Crippen LogP contribution in [0.3, 0.4) is 0 Å². The summed E-state index contributed by atoms with van der Waals surface area (Å²) in [7, 11) is 0. The molecule has 0 saturated carbocycles. The van der Waals surface area contributed by atoms with Gasteiger partial charge in [0.05, 0.1) is 0 Å². The summed E-state index contributed by atoms with van der Waals surface area (Å²) < 4.78 is 0. The molecule has 0 spiro atoms. The summed E-state index contributed by atoms with van der Waals surface area (Å²) >= 11 is 1.91. The standard InChI is InChI=1S/C16H32N4S.HI/c1-4-11-20-12-8-15(9-13-20)19-16(17-5-2)18-10-6-7-14-21-3;/h4,15H,1,5-14H2,2-3H3,(H2,17,18,19);1H. The van der Waals surface area contributed by atoms with Crippen LogP contribution in [0.5, 0.6) is 0 Å². The Hall–Kier alpha value is 0.0500. The minimum Gasteiger partial charge on any atom is -0.357 e. The van der Waals surface area contributed by atoms with Crippen LogP contribution < -0.4 is 10.6 Å². The number of likely N-dealkylation sites (tertiary alicyclic amines) is 1. The molecule has 1 fully saturated rings. The molecule has 1 aliphatic rings. The summed E-state index contributed by atoms with van der Waals surface area (Å²) in [5.74, 6) is 2.23. The number of thioether (sulfide) groups is 1. The minimum absolute atomic E-state index is 0. The van der Waals surface area contributed by atoms with Gasteiger partial charge in [-0.15, -0.1) is 30.6 Å². The smallest absolute Gasteiger partial charge is 0.191 e. The fraction of sp³-hybridized carbons (Fsp3) is 0.812. The van der Waals surface area contributed by atoms with Crippen molar-refractivity contribution in [2.75, 3.05) is 44.7 Å². The molecule has 0 aromatic heterocycles. The number of aliphatic imine (C=N–C) groups is 1. The van der Waals surface area contributed by atoms with Gasteiger partial charge in [-0.1, -0.05) is 6.08 Å². The zero-order valence-corrected chi connectivity index (χ0v) is 17.3. The maximum absolute atomic E-state index is 4.69. The molecule has 0 aromatic rings. The SMILES string of the molecule is C=CCN1CCC(NC(=NCCCCSC)NCC)CC1.I. The van der Waals surface area contributed by atoms with E-state index in [1.807, 2.05) is 17.8 Å². The Bertz CT molecular complexity index is 305. The fourth-order valence-corrected chi connectivity index (χ4v) is 3.00. The zero-order chi connectivity index (χ0) is 15.3. The van der Waals surface area contributed by atoms with Gasteiger partial charge >= 0.3 is 0 Å². The molecule has 0 amide bonds. The molecule has 1 heterocycles. The molecule has 0 aliphatic carbocycles. The third-order valence-electron chi connectivity index (χ3n) is 3.69. The molecule has 6 heteroatoms. The average Bonchev–Trinajstić information content (AvgIpc) is 2.49. The lowest BCUT2D eigenvalue weighted by molar-refractivity contribution is 0.225. The van der Waals surface area contributed by atoms with Crippen molar-refractivity contribution in [3.8, 4) is 0 Å². The van der Waals surface area contributed by atoms with Crippen molar-refractivity contribution in [3.63, 3.8) is 0 Å². The quantitative estimate of drug-likeness (QED) is 0.190. The highest BCUT2D eigenvalue weighted by Gasteiger charge is 2.18. The molecular weight excluding hydrogens is 407 g/mol. The van der Waals surface area contributed by atoms with Gasteiger partial charge in [0.25, 0.3) is 0 Å². The molecule has 0 aromatic carbocycles. The summed E-state index contributed by atoms with van der Waals surface area (Å²) in [4.78, 5) is 7.15.